The third-order valence-electron chi connectivity index (χ3n) is 3.24. The molecule has 2 heterocycles. The molecule has 3 aromatic rings. The van der Waals surface area contributed by atoms with E-state index in [0.717, 1.165) is 33.7 Å². The van der Waals surface area contributed by atoms with Crippen molar-refractivity contribution in [1.82, 2.24) is 14.5 Å². The Labute approximate surface area is 122 Å². The van der Waals surface area contributed by atoms with Crippen molar-refractivity contribution in [3.05, 3.63) is 46.4 Å². The summed E-state index contributed by atoms with van der Waals surface area (Å²) < 4.78 is 7.97. The Bertz CT molecular complexity index is 848. The van der Waals surface area contributed by atoms with Gasteiger partial charge in [0.2, 0.25) is 0 Å². The molecule has 0 bridgehead atoms. The zero-order chi connectivity index (χ0) is 14.3. The summed E-state index contributed by atoms with van der Waals surface area (Å²) in [4.78, 5) is 7.69. The van der Waals surface area contributed by atoms with Crippen LogP contribution in [-0.4, -0.2) is 21.6 Å². The summed E-state index contributed by atoms with van der Waals surface area (Å²) in [6.45, 7) is 4.05. The first-order valence-electron chi connectivity index (χ1n) is 6.32. The fourth-order valence-electron chi connectivity index (χ4n) is 2.30. The van der Waals surface area contributed by atoms with Crippen LogP contribution in [0.1, 0.15) is 11.1 Å². The van der Waals surface area contributed by atoms with Gasteiger partial charge in [-0.1, -0.05) is 6.07 Å². The molecule has 2 aromatic heterocycles. The second-order valence-electron chi connectivity index (χ2n) is 4.82. The smallest absolute Gasteiger partial charge is 0.184 e. The minimum Gasteiger partial charge on any atom is -0.495 e. The molecule has 3 rings (SSSR count). The van der Waals surface area contributed by atoms with Crippen molar-refractivity contribution in [3.63, 3.8) is 0 Å². The van der Waals surface area contributed by atoms with E-state index in [1.807, 2.05) is 48.9 Å². The Morgan fingerprint density at radius 1 is 1.20 bits per heavy atom. The van der Waals surface area contributed by atoms with E-state index in [1.165, 1.54) is 0 Å². The van der Waals surface area contributed by atoms with Crippen molar-refractivity contribution in [2.24, 2.45) is 0 Å². The molecule has 102 valence electrons. The number of benzene rings is 1. The van der Waals surface area contributed by atoms with Crippen LogP contribution in [-0.2, 0) is 0 Å². The molecule has 0 unspecified atom stereocenters. The van der Waals surface area contributed by atoms with Crippen LogP contribution in [0.4, 0.5) is 0 Å². The van der Waals surface area contributed by atoms with Gasteiger partial charge in [-0.15, -0.1) is 0 Å². The first kappa shape index (κ1) is 12.9. The highest BCUT2D eigenvalue weighted by Crippen LogP contribution is 2.27. The fraction of sp³-hybridized carbons (Fsp3) is 0.200. The first-order chi connectivity index (χ1) is 9.60. The molecule has 20 heavy (non-hydrogen) atoms. The SMILES string of the molecule is COc1ccc(C)cc1-n1c(=S)[nH]c2cc(C)cnc21. The predicted molar refractivity (Wildman–Crippen MR) is 82.3 cm³/mol. The number of pyridine rings is 1. The van der Waals surface area contributed by atoms with Crippen molar-refractivity contribution < 1.29 is 4.74 Å². The Kier molecular flexibility index (Phi) is 3.06. The molecule has 1 aromatic carbocycles. The molecule has 0 spiro atoms. The second kappa shape index (κ2) is 4.76. The molecule has 0 radical (unpaired) electrons. The fourth-order valence-corrected chi connectivity index (χ4v) is 2.59. The lowest BCUT2D eigenvalue weighted by Crippen LogP contribution is -1.99. The Hall–Kier alpha value is -2.14. The number of hydrogen-bond donors (Lipinski definition) is 1. The summed E-state index contributed by atoms with van der Waals surface area (Å²) in [5.41, 5.74) is 4.88. The van der Waals surface area contributed by atoms with Crippen molar-refractivity contribution >= 4 is 23.4 Å². The zero-order valence-electron chi connectivity index (χ0n) is 11.6. The van der Waals surface area contributed by atoms with E-state index in [1.54, 1.807) is 7.11 Å². The van der Waals surface area contributed by atoms with E-state index < -0.39 is 0 Å². The van der Waals surface area contributed by atoms with Gasteiger partial charge in [0.1, 0.15) is 5.75 Å². The van der Waals surface area contributed by atoms with Crippen LogP contribution in [0.25, 0.3) is 16.9 Å². The molecule has 0 fully saturated rings. The maximum Gasteiger partial charge on any atom is 0.184 e. The Morgan fingerprint density at radius 3 is 2.75 bits per heavy atom. The largest absolute Gasteiger partial charge is 0.495 e. The van der Waals surface area contributed by atoms with E-state index in [-0.39, 0.29) is 0 Å². The van der Waals surface area contributed by atoms with Gasteiger partial charge < -0.3 is 9.72 Å². The van der Waals surface area contributed by atoms with Gasteiger partial charge in [-0.2, -0.15) is 0 Å². The molecule has 0 saturated carbocycles. The first-order valence-corrected chi connectivity index (χ1v) is 6.73. The number of ether oxygens (including phenoxy) is 1. The summed E-state index contributed by atoms with van der Waals surface area (Å²) >= 11 is 5.44. The summed E-state index contributed by atoms with van der Waals surface area (Å²) in [7, 11) is 1.66. The van der Waals surface area contributed by atoms with E-state index in [2.05, 4.69) is 9.97 Å². The minimum atomic E-state index is 0.613. The van der Waals surface area contributed by atoms with E-state index in [0.29, 0.717) is 4.77 Å². The van der Waals surface area contributed by atoms with Crippen LogP contribution in [0, 0.1) is 18.6 Å². The van der Waals surface area contributed by atoms with Crippen LogP contribution < -0.4 is 4.74 Å². The van der Waals surface area contributed by atoms with Crippen molar-refractivity contribution in [1.29, 1.82) is 0 Å². The summed E-state index contributed by atoms with van der Waals surface area (Å²) in [5, 5.41) is 0. The van der Waals surface area contributed by atoms with E-state index >= 15 is 0 Å². The zero-order valence-corrected chi connectivity index (χ0v) is 12.4. The lowest BCUT2D eigenvalue weighted by atomic mass is 10.2. The second-order valence-corrected chi connectivity index (χ2v) is 5.21. The van der Waals surface area contributed by atoms with Gasteiger partial charge in [0.05, 0.1) is 18.3 Å². The lowest BCUT2D eigenvalue weighted by Gasteiger charge is -2.10. The van der Waals surface area contributed by atoms with Crippen LogP contribution in [0.3, 0.4) is 0 Å². The van der Waals surface area contributed by atoms with Crippen LogP contribution in [0.5, 0.6) is 5.75 Å². The molecule has 1 N–H and O–H groups in total. The average molecular weight is 285 g/mol. The van der Waals surface area contributed by atoms with Gasteiger partial charge in [-0.05, 0) is 55.4 Å². The predicted octanol–water partition coefficient (Wildman–Crippen LogP) is 3.71. The minimum absolute atomic E-state index is 0.613. The van der Waals surface area contributed by atoms with Gasteiger partial charge >= 0.3 is 0 Å². The van der Waals surface area contributed by atoms with E-state index in [9.17, 15) is 0 Å². The third kappa shape index (κ3) is 2.00. The van der Waals surface area contributed by atoms with Gasteiger partial charge in [-0.25, -0.2) is 4.98 Å². The number of fused-ring (bicyclic) bond motifs is 1. The number of aromatic amines is 1. The topological polar surface area (TPSA) is 42.8 Å². The van der Waals surface area contributed by atoms with Crippen LogP contribution in [0.15, 0.2) is 30.5 Å². The summed E-state index contributed by atoms with van der Waals surface area (Å²) in [5.74, 6) is 0.773. The number of methoxy groups -OCH3 is 1. The maximum absolute atomic E-state index is 5.44. The number of hydrogen-bond acceptors (Lipinski definition) is 3. The van der Waals surface area contributed by atoms with Gasteiger partial charge in [-0.3, -0.25) is 4.57 Å². The summed E-state index contributed by atoms with van der Waals surface area (Å²) in [6.07, 6.45) is 1.84. The lowest BCUT2D eigenvalue weighted by molar-refractivity contribution is 0.413. The van der Waals surface area contributed by atoms with Crippen LogP contribution in [0.2, 0.25) is 0 Å². The standard InChI is InChI=1S/C15H15N3OS/c1-9-4-5-13(19-3)12(7-9)18-14-11(17-15(18)20)6-10(2)8-16-14/h4-8H,1-3H3,(H,17,20). The molecule has 0 amide bonds. The van der Waals surface area contributed by atoms with Crippen molar-refractivity contribution in [3.8, 4) is 11.4 Å². The van der Waals surface area contributed by atoms with E-state index in [4.69, 9.17) is 17.0 Å². The third-order valence-corrected chi connectivity index (χ3v) is 3.52. The van der Waals surface area contributed by atoms with Crippen molar-refractivity contribution in [2.75, 3.05) is 7.11 Å². The maximum atomic E-state index is 5.44. The van der Waals surface area contributed by atoms with Crippen LogP contribution >= 0.6 is 12.2 Å². The molecule has 5 heteroatoms. The monoisotopic (exact) mass is 285 g/mol. The molecule has 0 aliphatic rings. The number of aromatic nitrogens is 3. The van der Waals surface area contributed by atoms with Gasteiger partial charge in [0.25, 0.3) is 0 Å². The molecule has 0 aliphatic heterocycles. The highest BCUT2D eigenvalue weighted by molar-refractivity contribution is 7.71. The summed E-state index contributed by atoms with van der Waals surface area (Å²) in [6, 6.07) is 8.04. The van der Waals surface area contributed by atoms with Crippen molar-refractivity contribution in [2.45, 2.75) is 13.8 Å². The molecule has 0 atom stereocenters. The van der Waals surface area contributed by atoms with Gasteiger partial charge in [0, 0.05) is 6.20 Å². The number of rotatable bonds is 2. The number of H-pyrrole nitrogens is 1. The van der Waals surface area contributed by atoms with Gasteiger partial charge in [0.15, 0.2) is 10.4 Å². The highest BCUT2D eigenvalue weighted by Gasteiger charge is 2.12. The molecule has 4 nitrogen and oxygen atoms in total. The molecular weight excluding hydrogens is 270 g/mol. The average Bonchev–Trinajstić information content (AvgIpc) is 2.73. The normalized spacial score (nSPS) is 10.9. The Morgan fingerprint density at radius 2 is 2.00 bits per heavy atom. The quantitative estimate of drug-likeness (QED) is 0.730. The number of nitrogens with one attached hydrogen (secondary N) is 1. The molecule has 0 aliphatic carbocycles. The number of nitrogens with zero attached hydrogens (tertiary/aromatic N) is 2. The number of imidazole rings is 1. The number of aryl methyl sites for hydroxylation is 2. The Balaban J connectivity index is 2.37. The molecular formula is C15H15N3OS. The molecule has 0 saturated heterocycles. The highest BCUT2D eigenvalue weighted by atomic mass is 32.1.